The number of sulfonamides is 1. The molecule has 1 aromatic rings. The maximum absolute atomic E-state index is 11.7. The van der Waals surface area contributed by atoms with Gasteiger partial charge in [-0.25, -0.2) is 8.42 Å². The fourth-order valence-electron chi connectivity index (χ4n) is 1.42. The second-order valence-electron chi connectivity index (χ2n) is 3.91. The molecule has 0 amide bonds. The van der Waals surface area contributed by atoms with Crippen LogP contribution in [0.3, 0.4) is 0 Å². The molecule has 1 aromatic carbocycles. The lowest BCUT2D eigenvalue weighted by atomic mass is 10.3. The molecule has 0 fully saturated rings. The van der Waals surface area contributed by atoms with Crippen LogP contribution < -0.4 is 4.72 Å². The van der Waals surface area contributed by atoms with E-state index in [0.29, 0.717) is 0 Å². The van der Waals surface area contributed by atoms with Crippen molar-refractivity contribution in [2.24, 2.45) is 0 Å². The molecule has 8 nitrogen and oxygen atoms in total. The first-order valence-electron chi connectivity index (χ1n) is 5.66. The zero-order valence-electron chi connectivity index (χ0n) is 10.7. The van der Waals surface area contributed by atoms with E-state index in [1.54, 1.807) is 0 Å². The van der Waals surface area contributed by atoms with Crippen LogP contribution >= 0.6 is 0 Å². The number of carbonyl (C=O) groups excluding carboxylic acids is 1. The van der Waals surface area contributed by atoms with Crippen molar-refractivity contribution in [2.45, 2.75) is 12.8 Å². The lowest BCUT2D eigenvalue weighted by Gasteiger charge is -2.07. The normalized spacial score (nSPS) is 10.8. The third-order valence-corrected chi connectivity index (χ3v) is 3.72. The Morgan fingerprint density at radius 2 is 2.15 bits per heavy atom. The summed E-state index contributed by atoms with van der Waals surface area (Å²) in [5.74, 6) is -0.763. The van der Waals surface area contributed by atoms with Crippen LogP contribution in [0, 0.1) is 10.1 Å². The Labute approximate surface area is 115 Å². The molecule has 0 heterocycles. The van der Waals surface area contributed by atoms with Gasteiger partial charge >= 0.3 is 5.97 Å². The molecule has 0 unspecified atom stereocenters. The third-order valence-electron chi connectivity index (χ3n) is 2.35. The Morgan fingerprint density at radius 3 is 2.75 bits per heavy atom. The number of nitrogens with zero attached hydrogens (tertiary/aromatic N) is 1. The number of non-ortho nitro benzene ring substituents is 1. The van der Waals surface area contributed by atoms with Crippen molar-refractivity contribution >= 4 is 27.4 Å². The summed E-state index contributed by atoms with van der Waals surface area (Å²) in [5, 5.41) is 10.6. The third kappa shape index (κ3) is 5.22. The molecule has 0 bridgehead atoms. The quantitative estimate of drug-likeness (QED) is 0.461. The fraction of sp³-hybridized carbons (Fsp3) is 0.364. The van der Waals surface area contributed by atoms with E-state index in [0.717, 1.165) is 6.07 Å². The van der Waals surface area contributed by atoms with E-state index in [1.165, 1.54) is 25.3 Å². The van der Waals surface area contributed by atoms with E-state index in [2.05, 4.69) is 9.46 Å². The summed E-state index contributed by atoms with van der Waals surface area (Å²) in [6, 6.07) is 5.17. The van der Waals surface area contributed by atoms with E-state index in [-0.39, 0.29) is 30.0 Å². The van der Waals surface area contributed by atoms with E-state index < -0.39 is 20.9 Å². The molecule has 0 radical (unpaired) electrons. The highest BCUT2D eigenvalue weighted by Crippen LogP contribution is 2.18. The fourth-order valence-corrected chi connectivity index (χ4v) is 2.53. The molecule has 0 aliphatic heterocycles. The van der Waals surface area contributed by atoms with Crippen LogP contribution in [0.4, 0.5) is 11.4 Å². The highest BCUT2D eigenvalue weighted by Gasteiger charge is 2.13. The van der Waals surface area contributed by atoms with Crippen molar-refractivity contribution in [3.05, 3.63) is 34.4 Å². The molecule has 0 aliphatic rings. The van der Waals surface area contributed by atoms with Crippen molar-refractivity contribution < 1.29 is 22.9 Å². The van der Waals surface area contributed by atoms with Crippen molar-refractivity contribution in [2.75, 3.05) is 17.6 Å². The molecule has 110 valence electrons. The van der Waals surface area contributed by atoms with Crippen LogP contribution in [0.2, 0.25) is 0 Å². The zero-order valence-corrected chi connectivity index (χ0v) is 11.6. The summed E-state index contributed by atoms with van der Waals surface area (Å²) in [6.45, 7) is 0. The summed E-state index contributed by atoms with van der Waals surface area (Å²) in [6.07, 6.45) is 0.100. The lowest BCUT2D eigenvalue weighted by Crippen LogP contribution is -2.17. The summed E-state index contributed by atoms with van der Waals surface area (Å²) in [5.41, 5.74) is -0.1000. The SMILES string of the molecule is COC(=O)CCCS(=O)(=O)Nc1cccc([N+](=O)[O-])c1. The second kappa shape index (κ2) is 6.85. The molecule has 0 saturated heterocycles. The first kappa shape index (κ1) is 15.9. The number of nitrogens with one attached hydrogen (secondary N) is 1. The van der Waals surface area contributed by atoms with Crippen LogP contribution in [0.15, 0.2) is 24.3 Å². The van der Waals surface area contributed by atoms with Crippen LogP contribution in [0.1, 0.15) is 12.8 Å². The number of anilines is 1. The van der Waals surface area contributed by atoms with Gasteiger partial charge in [-0.2, -0.15) is 0 Å². The maximum Gasteiger partial charge on any atom is 0.305 e. The van der Waals surface area contributed by atoms with Gasteiger partial charge in [-0.3, -0.25) is 19.6 Å². The molecule has 20 heavy (non-hydrogen) atoms. The standard InChI is InChI=1S/C11H14N2O6S/c1-19-11(14)6-3-7-20(17,18)12-9-4-2-5-10(8-9)13(15)16/h2,4-5,8,12H,3,6-7H2,1H3. The number of rotatable bonds is 7. The Bertz CT molecular complexity index is 599. The Kier molecular flexibility index (Phi) is 5.44. The number of esters is 1. The highest BCUT2D eigenvalue weighted by molar-refractivity contribution is 7.92. The number of nitro benzene ring substituents is 1. The van der Waals surface area contributed by atoms with Gasteiger partial charge < -0.3 is 4.74 Å². The van der Waals surface area contributed by atoms with E-state index in [1.807, 2.05) is 0 Å². The summed E-state index contributed by atoms with van der Waals surface area (Å²) in [4.78, 5) is 20.8. The number of ether oxygens (including phenoxy) is 1. The number of benzene rings is 1. The van der Waals surface area contributed by atoms with Crippen LogP contribution in [0.5, 0.6) is 0 Å². The molecular formula is C11H14N2O6S. The molecule has 0 atom stereocenters. The highest BCUT2D eigenvalue weighted by atomic mass is 32.2. The Hall–Kier alpha value is -2.16. The summed E-state index contributed by atoms with van der Waals surface area (Å²) >= 11 is 0. The minimum absolute atomic E-state index is 0.00759. The first-order chi connectivity index (χ1) is 9.34. The van der Waals surface area contributed by atoms with Gasteiger partial charge in [0.15, 0.2) is 0 Å². The van der Waals surface area contributed by atoms with E-state index in [9.17, 15) is 23.3 Å². The average molecular weight is 302 g/mol. The molecule has 1 rings (SSSR count). The van der Waals surface area contributed by atoms with Crippen molar-refractivity contribution in [1.82, 2.24) is 0 Å². The molecular weight excluding hydrogens is 288 g/mol. The first-order valence-corrected chi connectivity index (χ1v) is 7.31. The van der Waals surface area contributed by atoms with E-state index >= 15 is 0 Å². The van der Waals surface area contributed by atoms with Crippen LogP contribution in [0.25, 0.3) is 0 Å². The van der Waals surface area contributed by atoms with Crippen LogP contribution in [-0.2, 0) is 19.6 Å². The molecule has 0 aromatic heterocycles. The van der Waals surface area contributed by atoms with Gasteiger partial charge in [-0.15, -0.1) is 0 Å². The largest absolute Gasteiger partial charge is 0.469 e. The lowest BCUT2D eigenvalue weighted by molar-refractivity contribution is -0.384. The summed E-state index contributed by atoms with van der Waals surface area (Å²) in [7, 11) is -2.44. The molecule has 0 saturated carbocycles. The van der Waals surface area contributed by atoms with Crippen molar-refractivity contribution in [3.63, 3.8) is 0 Å². The van der Waals surface area contributed by atoms with Gasteiger partial charge in [0.05, 0.1) is 23.5 Å². The van der Waals surface area contributed by atoms with Gasteiger partial charge in [0, 0.05) is 18.6 Å². The van der Waals surface area contributed by atoms with Gasteiger partial charge in [-0.05, 0) is 12.5 Å². The molecule has 1 N–H and O–H groups in total. The summed E-state index contributed by atoms with van der Waals surface area (Å²) < 4.78 is 30.1. The monoisotopic (exact) mass is 302 g/mol. The number of methoxy groups -OCH3 is 1. The zero-order chi connectivity index (χ0) is 15.2. The minimum atomic E-state index is -3.66. The van der Waals surface area contributed by atoms with Gasteiger partial charge in [-0.1, -0.05) is 6.07 Å². The number of nitro groups is 1. The van der Waals surface area contributed by atoms with Crippen LogP contribution in [-0.4, -0.2) is 32.2 Å². The number of hydrogen-bond acceptors (Lipinski definition) is 6. The predicted octanol–water partition coefficient (Wildman–Crippen LogP) is 1.29. The smallest absolute Gasteiger partial charge is 0.305 e. The molecule has 0 aliphatic carbocycles. The Balaban J connectivity index is 2.64. The van der Waals surface area contributed by atoms with Crippen molar-refractivity contribution in [1.29, 1.82) is 0 Å². The predicted molar refractivity (Wildman–Crippen MR) is 71.8 cm³/mol. The number of carbonyl (C=O) groups is 1. The molecule has 0 spiro atoms. The number of hydrogen-bond donors (Lipinski definition) is 1. The second-order valence-corrected chi connectivity index (χ2v) is 5.75. The minimum Gasteiger partial charge on any atom is -0.469 e. The van der Waals surface area contributed by atoms with Gasteiger partial charge in [0.1, 0.15) is 0 Å². The van der Waals surface area contributed by atoms with E-state index in [4.69, 9.17) is 0 Å². The Morgan fingerprint density at radius 1 is 1.45 bits per heavy atom. The molecule has 9 heteroatoms. The maximum atomic E-state index is 11.7. The average Bonchev–Trinajstić information content (AvgIpc) is 2.37. The van der Waals surface area contributed by atoms with Crippen molar-refractivity contribution in [3.8, 4) is 0 Å². The van der Waals surface area contributed by atoms with Gasteiger partial charge in [0.25, 0.3) is 5.69 Å². The van der Waals surface area contributed by atoms with Gasteiger partial charge in [0.2, 0.25) is 10.0 Å². The topological polar surface area (TPSA) is 116 Å².